The average molecular weight is 170 g/mol. The number of thiocarbonyl (C=S) groups is 1. The molecule has 0 rings (SSSR count). The molecule has 0 spiro atoms. The first-order valence-corrected chi connectivity index (χ1v) is 4.13. The van der Waals surface area contributed by atoms with Crippen LogP contribution < -0.4 is 10.6 Å². The lowest BCUT2D eigenvalue weighted by Crippen LogP contribution is -2.35. The van der Waals surface area contributed by atoms with E-state index in [0.29, 0.717) is 11.7 Å². The van der Waals surface area contributed by atoms with Crippen molar-refractivity contribution in [2.24, 2.45) is 0 Å². The molecular formula is C8H14N2S. The fraction of sp³-hybridized carbons (Fsp3) is 0.625. The van der Waals surface area contributed by atoms with Crippen molar-refractivity contribution in [3.8, 4) is 11.8 Å². The van der Waals surface area contributed by atoms with Crippen molar-refractivity contribution in [1.29, 1.82) is 0 Å². The van der Waals surface area contributed by atoms with E-state index in [1.54, 1.807) is 0 Å². The molecule has 0 amide bonds. The second kappa shape index (κ2) is 7.36. The van der Waals surface area contributed by atoms with E-state index in [4.69, 9.17) is 12.2 Å². The third kappa shape index (κ3) is 7.14. The van der Waals surface area contributed by atoms with Gasteiger partial charge in [-0.1, -0.05) is 12.8 Å². The standard InChI is InChI=1S/C8H14N2S/c1-3-5-7-10-8(11)9-6-4-2/h4,6-7H2,1-2H3,(H2,9,10,11). The number of hydrogen-bond acceptors (Lipinski definition) is 1. The van der Waals surface area contributed by atoms with Crippen molar-refractivity contribution < 1.29 is 0 Å². The topological polar surface area (TPSA) is 24.1 Å². The second-order valence-corrected chi connectivity index (χ2v) is 2.44. The predicted molar refractivity (Wildman–Crippen MR) is 52.3 cm³/mol. The molecule has 0 unspecified atom stereocenters. The van der Waals surface area contributed by atoms with E-state index in [1.165, 1.54) is 0 Å². The van der Waals surface area contributed by atoms with E-state index < -0.39 is 0 Å². The van der Waals surface area contributed by atoms with Gasteiger partial charge in [0.15, 0.2) is 5.11 Å². The first-order valence-electron chi connectivity index (χ1n) is 3.72. The van der Waals surface area contributed by atoms with Gasteiger partial charge in [-0.05, 0) is 25.6 Å². The first-order chi connectivity index (χ1) is 5.31. The molecule has 0 radical (unpaired) electrons. The Labute approximate surface area is 73.8 Å². The molecule has 3 heteroatoms. The Hall–Kier alpha value is -0.750. The average Bonchev–Trinajstić information content (AvgIpc) is 2.01. The van der Waals surface area contributed by atoms with Crippen LogP contribution in [0.3, 0.4) is 0 Å². The van der Waals surface area contributed by atoms with Gasteiger partial charge in [-0.25, -0.2) is 0 Å². The van der Waals surface area contributed by atoms with E-state index in [0.717, 1.165) is 13.0 Å². The molecule has 0 aromatic carbocycles. The van der Waals surface area contributed by atoms with Gasteiger partial charge in [0.05, 0.1) is 6.54 Å². The monoisotopic (exact) mass is 170 g/mol. The Balaban J connectivity index is 3.27. The van der Waals surface area contributed by atoms with Crippen molar-refractivity contribution in [2.75, 3.05) is 13.1 Å². The molecule has 62 valence electrons. The zero-order chi connectivity index (χ0) is 8.53. The maximum Gasteiger partial charge on any atom is 0.167 e. The van der Waals surface area contributed by atoms with Crippen LogP contribution in [0.2, 0.25) is 0 Å². The fourth-order valence-corrected chi connectivity index (χ4v) is 0.688. The van der Waals surface area contributed by atoms with Crippen LogP contribution >= 0.6 is 12.2 Å². The summed E-state index contributed by atoms with van der Waals surface area (Å²) in [6.07, 6.45) is 1.08. The molecule has 11 heavy (non-hydrogen) atoms. The van der Waals surface area contributed by atoms with Crippen LogP contribution in [0, 0.1) is 11.8 Å². The van der Waals surface area contributed by atoms with Crippen molar-refractivity contribution in [1.82, 2.24) is 10.6 Å². The number of hydrogen-bond donors (Lipinski definition) is 2. The Kier molecular flexibility index (Phi) is 6.86. The minimum atomic E-state index is 0.631. The molecule has 2 nitrogen and oxygen atoms in total. The summed E-state index contributed by atoms with van der Waals surface area (Å²) in [5.74, 6) is 5.65. The SMILES string of the molecule is CC#CCNC(=S)NCCC. The van der Waals surface area contributed by atoms with E-state index in [9.17, 15) is 0 Å². The van der Waals surface area contributed by atoms with Crippen LogP contribution in [0.5, 0.6) is 0 Å². The van der Waals surface area contributed by atoms with Gasteiger partial charge >= 0.3 is 0 Å². The minimum absolute atomic E-state index is 0.631. The van der Waals surface area contributed by atoms with Crippen LogP contribution in [0.15, 0.2) is 0 Å². The molecule has 0 bridgehead atoms. The first kappa shape index (κ1) is 10.2. The molecule has 0 aromatic rings. The summed E-state index contributed by atoms with van der Waals surface area (Å²) in [6, 6.07) is 0. The van der Waals surface area contributed by atoms with Crippen LogP contribution in [-0.2, 0) is 0 Å². The van der Waals surface area contributed by atoms with Gasteiger partial charge in [-0.15, -0.1) is 5.92 Å². The second-order valence-electron chi connectivity index (χ2n) is 2.04. The molecule has 0 aromatic heterocycles. The van der Waals surface area contributed by atoms with Gasteiger partial charge in [0.25, 0.3) is 0 Å². The normalized spacial score (nSPS) is 7.82. The lowest BCUT2D eigenvalue weighted by Gasteiger charge is -2.05. The maximum absolute atomic E-state index is 4.94. The zero-order valence-corrected chi connectivity index (χ0v) is 7.85. The van der Waals surface area contributed by atoms with Gasteiger partial charge in [0.2, 0.25) is 0 Å². The third-order valence-corrected chi connectivity index (χ3v) is 1.34. The molecule has 0 aliphatic heterocycles. The van der Waals surface area contributed by atoms with Gasteiger partial charge in [-0.2, -0.15) is 0 Å². The summed E-state index contributed by atoms with van der Waals surface area (Å²) in [5, 5.41) is 6.70. The summed E-state index contributed by atoms with van der Waals surface area (Å²) in [6.45, 7) is 5.46. The molecular weight excluding hydrogens is 156 g/mol. The predicted octanol–water partition coefficient (Wildman–Crippen LogP) is 0.884. The van der Waals surface area contributed by atoms with Crippen LogP contribution in [0.1, 0.15) is 20.3 Å². The van der Waals surface area contributed by atoms with Gasteiger partial charge in [0, 0.05) is 6.54 Å². The molecule has 0 atom stereocenters. The Morgan fingerprint density at radius 2 is 2.18 bits per heavy atom. The third-order valence-electron chi connectivity index (χ3n) is 1.05. The molecule has 0 saturated heterocycles. The van der Waals surface area contributed by atoms with Crippen molar-refractivity contribution in [2.45, 2.75) is 20.3 Å². The molecule has 0 heterocycles. The van der Waals surface area contributed by atoms with Crippen molar-refractivity contribution in [3.63, 3.8) is 0 Å². The van der Waals surface area contributed by atoms with Gasteiger partial charge < -0.3 is 10.6 Å². The zero-order valence-electron chi connectivity index (χ0n) is 7.03. The lowest BCUT2D eigenvalue weighted by atomic mass is 10.5. The molecule has 0 saturated carbocycles. The van der Waals surface area contributed by atoms with E-state index in [1.807, 2.05) is 6.92 Å². The highest BCUT2D eigenvalue weighted by Crippen LogP contribution is 1.70. The minimum Gasteiger partial charge on any atom is -0.363 e. The Bertz CT molecular complexity index is 167. The Morgan fingerprint density at radius 1 is 1.45 bits per heavy atom. The fourth-order valence-electron chi connectivity index (χ4n) is 0.514. The largest absolute Gasteiger partial charge is 0.363 e. The van der Waals surface area contributed by atoms with Crippen LogP contribution in [0.4, 0.5) is 0 Å². The van der Waals surface area contributed by atoms with Gasteiger partial charge in [-0.3, -0.25) is 0 Å². The van der Waals surface area contributed by atoms with Crippen molar-refractivity contribution >= 4 is 17.3 Å². The van der Waals surface area contributed by atoms with Crippen molar-refractivity contribution in [3.05, 3.63) is 0 Å². The molecule has 2 N–H and O–H groups in total. The summed E-state index contributed by atoms with van der Waals surface area (Å²) in [5.41, 5.74) is 0. The van der Waals surface area contributed by atoms with E-state index in [2.05, 4.69) is 29.4 Å². The summed E-state index contributed by atoms with van der Waals surface area (Å²) in [4.78, 5) is 0. The molecule has 0 fully saturated rings. The summed E-state index contributed by atoms with van der Waals surface area (Å²) < 4.78 is 0. The lowest BCUT2D eigenvalue weighted by molar-refractivity contribution is 0.821. The smallest absolute Gasteiger partial charge is 0.167 e. The molecule has 0 aliphatic carbocycles. The van der Waals surface area contributed by atoms with E-state index >= 15 is 0 Å². The summed E-state index contributed by atoms with van der Waals surface area (Å²) in [7, 11) is 0. The number of rotatable bonds is 3. The maximum atomic E-state index is 4.94. The highest BCUT2D eigenvalue weighted by molar-refractivity contribution is 7.80. The Morgan fingerprint density at radius 3 is 2.73 bits per heavy atom. The van der Waals surface area contributed by atoms with Crippen LogP contribution in [0.25, 0.3) is 0 Å². The molecule has 0 aliphatic rings. The van der Waals surface area contributed by atoms with Gasteiger partial charge in [0.1, 0.15) is 0 Å². The van der Waals surface area contributed by atoms with Crippen LogP contribution in [-0.4, -0.2) is 18.2 Å². The van der Waals surface area contributed by atoms with E-state index in [-0.39, 0.29) is 0 Å². The highest BCUT2D eigenvalue weighted by atomic mass is 32.1. The quantitative estimate of drug-likeness (QED) is 0.486. The highest BCUT2D eigenvalue weighted by Gasteiger charge is 1.88. The number of nitrogens with one attached hydrogen (secondary N) is 2. The summed E-state index contributed by atoms with van der Waals surface area (Å²) >= 11 is 4.94.